The number of ether oxygens (including phenoxy) is 1. The Morgan fingerprint density at radius 3 is 2.54 bits per heavy atom. The van der Waals surface area contributed by atoms with Crippen molar-refractivity contribution in [1.29, 1.82) is 0 Å². The largest absolute Gasteiger partial charge is 0.481 e. The first kappa shape index (κ1) is 26.3. The van der Waals surface area contributed by atoms with E-state index in [1.54, 1.807) is 25.3 Å². The number of hydrogen-bond donors (Lipinski definition) is 2. The maximum atomic E-state index is 14.4. The molecule has 0 aliphatic heterocycles. The van der Waals surface area contributed by atoms with Crippen LogP contribution < -0.4 is 9.88 Å². The van der Waals surface area contributed by atoms with Gasteiger partial charge in [0.1, 0.15) is 12.4 Å². The van der Waals surface area contributed by atoms with Crippen molar-refractivity contribution in [3.63, 3.8) is 0 Å². The second-order valence-electron chi connectivity index (χ2n) is 9.34. The highest BCUT2D eigenvalue weighted by molar-refractivity contribution is 7.89. The molecule has 0 bridgehead atoms. The van der Waals surface area contributed by atoms with Gasteiger partial charge in [-0.25, -0.2) is 22.9 Å². The number of aromatic nitrogens is 3. The number of aliphatic carboxylic acids is 1. The molecule has 0 aliphatic carbocycles. The van der Waals surface area contributed by atoms with E-state index in [1.807, 2.05) is 27.7 Å². The minimum atomic E-state index is -3.96. The molecule has 11 heteroatoms. The minimum Gasteiger partial charge on any atom is -0.481 e. The quantitative estimate of drug-likeness (QED) is 0.454. The molecule has 0 saturated carbocycles. The lowest BCUT2D eigenvalue weighted by Crippen LogP contribution is -2.34. The Kier molecular flexibility index (Phi) is 7.32. The fraction of sp³-hybridized carbons (Fsp3) is 0.375. The zero-order chi connectivity index (χ0) is 26.1. The molecule has 188 valence electrons. The van der Waals surface area contributed by atoms with Crippen molar-refractivity contribution in [2.24, 2.45) is 5.14 Å². The number of nitrogens with two attached hydrogens (primary N) is 1. The lowest BCUT2D eigenvalue weighted by molar-refractivity contribution is -0.136. The smallest absolute Gasteiger partial charge is 0.307 e. The summed E-state index contributed by atoms with van der Waals surface area (Å²) in [7, 11) is -3.96. The second kappa shape index (κ2) is 9.74. The van der Waals surface area contributed by atoms with Crippen molar-refractivity contribution in [3.8, 4) is 17.0 Å². The molecule has 3 N–H and O–H groups in total. The normalized spacial score (nSPS) is 12.2. The van der Waals surface area contributed by atoms with E-state index < -0.39 is 27.3 Å². The fourth-order valence-corrected chi connectivity index (χ4v) is 4.49. The molecule has 0 unspecified atom stereocenters. The minimum absolute atomic E-state index is 0.0723. The number of carboxylic acid groups (broad SMARTS) is 1. The lowest BCUT2D eigenvalue weighted by atomic mass is 9.88. The van der Waals surface area contributed by atoms with Crippen molar-refractivity contribution in [3.05, 3.63) is 59.2 Å². The van der Waals surface area contributed by atoms with E-state index in [0.29, 0.717) is 27.8 Å². The number of nitrogens with zero attached hydrogens (tertiary/aromatic N) is 3. The van der Waals surface area contributed by atoms with Crippen LogP contribution in [-0.4, -0.2) is 40.9 Å². The van der Waals surface area contributed by atoms with E-state index in [-0.39, 0.29) is 29.9 Å². The SMILES string of the molecule is Cc1cn(C(C)(C)COc2cc(-c3cc(F)cc(C(C)C)c3CC(=O)O)ccn2)nc1S(N)(=O)=O. The van der Waals surface area contributed by atoms with E-state index in [4.69, 9.17) is 9.88 Å². The van der Waals surface area contributed by atoms with Crippen LogP contribution in [0.4, 0.5) is 4.39 Å². The van der Waals surface area contributed by atoms with E-state index in [1.165, 1.54) is 23.0 Å². The summed E-state index contributed by atoms with van der Waals surface area (Å²) in [4.78, 5) is 15.7. The highest BCUT2D eigenvalue weighted by Gasteiger charge is 2.27. The second-order valence-corrected chi connectivity index (χ2v) is 10.8. The van der Waals surface area contributed by atoms with Gasteiger partial charge in [0.05, 0.1) is 12.0 Å². The number of primary sulfonamides is 1. The van der Waals surface area contributed by atoms with Gasteiger partial charge in [-0.1, -0.05) is 13.8 Å². The molecular weight excluding hydrogens is 475 g/mol. The summed E-state index contributed by atoms with van der Waals surface area (Å²) in [6, 6.07) is 5.96. The zero-order valence-corrected chi connectivity index (χ0v) is 21.1. The van der Waals surface area contributed by atoms with E-state index in [0.717, 1.165) is 0 Å². The monoisotopic (exact) mass is 504 g/mol. The summed E-state index contributed by atoms with van der Waals surface area (Å²) in [5.74, 6) is -1.31. The molecule has 0 spiro atoms. The van der Waals surface area contributed by atoms with Crippen LogP contribution in [-0.2, 0) is 26.8 Å². The molecule has 3 aromatic rings. The van der Waals surface area contributed by atoms with Gasteiger partial charge in [0.25, 0.3) is 10.0 Å². The number of carbonyl (C=O) groups is 1. The number of benzene rings is 1. The highest BCUT2D eigenvalue weighted by Crippen LogP contribution is 2.33. The van der Waals surface area contributed by atoms with Crippen LogP contribution in [0.5, 0.6) is 5.88 Å². The number of carboxylic acids is 1. The zero-order valence-electron chi connectivity index (χ0n) is 20.2. The summed E-state index contributed by atoms with van der Waals surface area (Å²) in [5.41, 5.74) is 1.85. The Balaban J connectivity index is 1.93. The molecule has 2 aromatic heterocycles. The maximum absolute atomic E-state index is 14.4. The molecule has 3 rings (SSSR count). The van der Waals surface area contributed by atoms with Crippen LogP contribution in [0.3, 0.4) is 0 Å². The van der Waals surface area contributed by atoms with E-state index in [9.17, 15) is 22.7 Å². The first-order valence-corrected chi connectivity index (χ1v) is 12.5. The van der Waals surface area contributed by atoms with Crippen LogP contribution in [0.25, 0.3) is 11.1 Å². The van der Waals surface area contributed by atoms with Gasteiger partial charge in [0, 0.05) is 24.0 Å². The van der Waals surface area contributed by atoms with Gasteiger partial charge in [-0.3, -0.25) is 9.48 Å². The Hall–Kier alpha value is -3.31. The first-order chi connectivity index (χ1) is 16.2. The summed E-state index contributed by atoms with van der Waals surface area (Å²) in [5, 5.41) is 18.6. The Labute approximate surface area is 203 Å². The number of sulfonamides is 1. The van der Waals surface area contributed by atoms with Crippen molar-refractivity contribution in [2.75, 3.05) is 6.61 Å². The van der Waals surface area contributed by atoms with Crippen LogP contribution in [0.2, 0.25) is 0 Å². The van der Waals surface area contributed by atoms with Crippen LogP contribution in [0.1, 0.15) is 50.3 Å². The molecule has 0 atom stereocenters. The molecule has 1 aromatic carbocycles. The number of halogens is 1. The van der Waals surface area contributed by atoms with E-state index >= 15 is 0 Å². The first-order valence-electron chi connectivity index (χ1n) is 10.9. The van der Waals surface area contributed by atoms with Crippen LogP contribution >= 0.6 is 0 Å². The Morgan fingerprint density at radius 2 is 1.97 bits per heavy atom. The molecule has 9 nitrogen and oxygen atoms in total. The van der Waals surface area contributed by atoms with Crippen molar-refractivity contribution in [1.82, 2.24) is 14.8 Å². The molecule has 35 heavy (non-hydrogen) atoms. The third-order valence-corrected chi connectivity index (χ3v) is 6.50. The van der Waals surface area contributed by atoms with Gasteiger partial charge in [-0.15, -0.1) is 0 Å². The van der Waals surface area contributed by atoms with Gasteiger partial charge < -0.3 is 9.84 Å². The topological polar surface area (TPSA) is 137 Å². The van der Waals surface area contributed by atoms with Gasteiger partial charge in [0.15, 0.2) is 5.03 Å². The van der Waals surface area contributed by atoms with E-state index in [2.05, 4.69) is 10.1 Å². The fourth-order valence-electron chi connectivity index (χ4n) is 3.79. The molecular formula is C24H29FN4O5S. The highest BCUT2D eigenvalue weighted by atomic mass is 32.2. The summed E-state index contributed by atoms with van der Waals surface area (Å²) < 4.78 is 45.3. The number of pyridine rings is 1. The van der Waals surface area contributed by atoms with Crippen molar-refractivity contribution < 1.29 is 27.4 Å². The maximum Gasteiger partial charge on any atom is 0.307 e. The Bertz CT molecular complexity index is 1370. The molecule has 0 aliphatic rings. The molecule has 0 saturated heterocycles. The van der Waals surface area contributed by atoms with Gasteiger partial charge in [0.2, 0.25) is 5.88 Å². The standard InChI is InChI=1S/C24H29FN4O5S/c1-14(2)18-9-17(25)10-19(20(18)11-22(30)31)16-6-7-27-21(8-16)34-13-24(4,5)29-12-15(3)23(28-29)35(26,32)33/h6-10,12,14H,11,13H2,1-5H3,(H,30,31)(H2,26,32,33). The average molecular weight is 505 g/mol. The number of hydrogen-bond acceptors (Lipinski definition) is 6. The Morgan fingerprint density at radius 1 is 1.29 bits per heavy atom. The third-order valence-electron chi connectivity index (χ3n) is 5.56. The van der Waals surface area contributed by atoms with Crippen LogP contribution in [0, 0.1) is 12.7 Å². The predicted molar refractivity (Wildman–Crippen MR) is 128 cm³/mol. The molecule has 0 fully saturated rings. The van der Waals surface area contributed by atoms with Crippen molar-refractivity contribution >= 4 is 16.0 Å². The van der Waals surface area contributed by atoms with Crippen molar-refractivity contribution in [2.45, 2.75) is 57.5 Å². The predicted octanol–water partition coefficient (Wildman–Crippen LogP) is 3.60. The molecule has 0 radical (unpaired) electrons. The van der Waals surface area contributed by atoms with Gasteiger partial charge >= 0.3 is 5.97 Å². The van der Waals surface area contributed by atoms with Gasteiger partial charge in [-0.05, 0) is 67.1 Å². The summed E-state index contributed by atoms with van der Waals surface area (Å²) in [6.45, 7) is 9.06. The molecule has 2 heterocycles. The summed E-state index contributed by atoms with van der Waals surface area (Å²) in [6.07, 6.45) is 2.82. The summed E-state index contributed by atoms with van der Waals surface area (Å²) >= 11 is 0. The number of aryl methyl sites for hydroxylation is 1. The van der Waals surface area contributed by atoms with Crippen LogP contribution in [0.15, 0.2) is 41.7 Å². The lowest BCUT2D eigenvalue weighted by Gasteiger charge is -2.25. The average Bonchev–Trinajstić information content (AvgIpc) is 3.16. The van der Waals surface area contributed by atoms with Gasteiger partial charge in [-0.2, -0.15) is 5.10 Å². The molecule has 0 amide bonds. The number of rotatable bonds is 9. The third kappa shape index (κ3) is 6.04.